The molecule has 0 spiro atoms. The number of ketones is 1. The van der Waals surface area contributed by atoms with Crippen molar-refractivity contribution in [3.8, 4) is 0 Å². The van der Waals surface area contributed by atoms with Gasteiger partial charge < -0.3 is 5.73 Å². The van der Waals surface area contributed by atoms with E-state index in [-0.39, 0.29) is 17.8 Å². The minimum Gasteiger partial charge on any atom is -0.399 e. The van der Waals surface area contributed by atoms with Gasteiger partial charge in [-0.25, -0.2) is 4.39 Å². The van der Waals surface area contributed by atoms with Crippen LogP contribution in [0.1, 0.15) is 16.8 Å². The second-order valence-corrected chi connectivity index (χ2v) is 3.39. The van der Waals surface area contributed by atoms with Crippen LogP contribution in [0.5, 0.6) is 0 Å². The van der Waals surface area contributed by atoms with Crippen LogP contribution in [0.25, 0.3) is 0 Å². The molecule has 0 saturated heterocycles. The van der Waals surface area contributed by atoms with Crippen molar-refractivity contribution in [1.82, 2.24) is 0 Å². The van der Waals surface area contributed by atoms with Gasteiger partial charge in [0.25, 0.3) is 0 Å². The zero-order valence-corrected chi connectivity index (χ0v) is 8.47. The van der Waals surface area contributed by atoms with Gasteiger partial charge in [0.05, 0.1) is 5.56 Å². The van der Waals surface area contributed by atoms with Crippen LogP contribution in [-0.4, -0.2) is 11.1 Å². The normalized spacial score (nSPS) is 10.0. The number of halogens is 2. The molecule has 0 saturated carbocycles. The highest BCUT2D eigenvalue weighted by molar-refractivity contribution is 9.09. The first-order chi connectivity index (χ1) is 6.15. The monoisotopic (exact) mass is 245 g/mol. The maximum atomic E-state index is 13.1. The van der Waals surface area contributed by atoms with Crippen LogP contribution < -0.4 is 5.73 Å². The molecule has 0 fully saturated rings. The molecule has 0 amide bonds. The molecule has 0 atom stereocenters. The predicted molar refractivity (Wildman–Crippen MR) is 53.6 cm³/mol. The molecular formula is C9H9BrFNO. The van der Waals surface area contributed by atoms with E-state index in [2.05, 4.69) is 15.9 Å². The first kappa shape index (κ1) is 10.2. The van der Waals surface area contributed by atoms with E-state index in [1.165, 1.54) is 18.2 Å². The molecule has 13 heavy (non-hydrogen) atoms. The molecule has 0 heterocycles. The van der Waals surface area contributed by atoms with Gasteiger partial charge in [0.1, 0.15) is 5.82 Å². The van der Waals surface area contributed by atoms with E-state index in [0.29, 0.717) is 11.0 Å². The summed E-state index contributed by atoms with van der Waals surface area (Å²) < 4.78 is 13.1. The number of benzene rings is 1. The summed E-state index contributed by atoms with van der Waals surface area (Å²) in [5.41, 5.74) is 5.90. The Kier molecular flexibility index (Phi) is 3.42. The van der Waals surface area contributed by atoms with E-state index in [1.807, 2.05) is 0 Å². The largest absolute Gasteiger partial charge is 0.399 e. The third-order valence-electron chi connectivity index (χ3n) is 1.61. The van der Waals surface area contributed by atoms with Gasteiger partial charge in [0.2, 0.25) is 0 Å². The number of carbonyl (C=O) groups is 1. The molecule has 0 radical (unpaired) electrons. The average Bonchev–Trinajstić information content (AvgIpc) is 2.09. The Morgan fingerprint density at radius 2 is 2.23 bits per heavy atom. The highest BCUT2D eigenvalue weighted by atomic mass is 79.9. The number of anilines is 1. The van der Waals surface area contributed by atoms with Gasteiger partial charge in [-0.05, 0) is 18.2 Å². The minimum atomic E-state index is -0.514. The van der Waals surface area contributed by atoms with Crippen molar-refractivity contribution in [2.24, 2.45) is 0 Å². The van der Waals surface area contributed by atoms with Crippen molar-refractivity contribution in [3.05, 3.63) is 29.6 Å². The van der Waals surface area contributed by atoms with Crippen molar-refractivity contribution in [1.29, 1.82) is 0 Å². The summed E-state index contributed by atoms with van der Waals surface area (Å²) in [5, 5.41) is 0.528. The Balaban J connectivity index is 2.99. The van der Waals surface area contributed by atoms with Crippen LogP contribution in [0.3, 0.4) is 0 Å². The Morgan fingerprint density at radius 3 is 2.85 bits per heavy atom. The van der Waals surface area contributed by atoms with Crippen molar-refractivity contribution in [2.75, 3.05) is 11.1 Å². The maximum Gasteiger partial charge on any atom is 0.166 e. The number of nitrogen functional groups attached to an aromatic ring is 1. The number of carbonyl (C=O) groups excluding carboxylic acids is 1. The molecule has 1 rings (SSSR count). The number of Topliss-reactive ketones (excluding diaryl/α,β-unsaturated/α-hetero) is 1. The predicted octanol–water partition coefficient (Wildman–Crippen LogP) is 2.38. The number of hydrogen-bond donors (Lipinski definition) is 1. The summed E-state index contributed by atoms with van der Waals surface area (Å²) in [6, 6.07) is 4.00. The summed E-state index contributed by atoms with van der Waals surface area (Å²) in [4.78, 5) is 11.3. The Bertz CT molecular complexity index is 327. The SMILES string of the molecule is Nc1ccc(F)c(C(=O)CCBr)c1. The van der Waals surface area contributed by atoms with E-state index >= 15 is 0 Å². The first-order valence-electron chi connectivity index (χ1n) is 3.79. The second kappa shape index (κ2) is 4.37. The minimum absolute atomic E-state index is 0.0689. The van der Waals surface area contributed by atoms with Crippen LogP contribution in [0, 0.1) is 5.82 Å². The molecule has 0 aliphatic heterocycles. The average molecular weight is 246 g/mol. The van der Waals surface area contributed by atoms with Crippen molar-refractivity contribution in [3.63, 3.8) is 0 Å². The van der Waals surface area contributed by atoms with Crippen molar-refractivity contribution in [2.45, 2.75) is 6.42 Å². The van der Waals surface area contributed by atoms with Gasteiger partial charge in [-0.2, -0.15) is 0 Å². The number of rotatable bonds is 3. The lowest BCUT2D eigenvalue weighted by molar-refractivity contribution is 0.0986. The van der Waals surface area contributed by atoms with Crippen LogP contribution in [0.4, 0.5) is 10.1 Å². The fourth-order valence-corrected chi connectivity index (χ4v) is 1.34. The van der Waals surface area contributed by atoms with Crippen LogP contribution in [0.2, 0.25) is 0 Å². The van der Waals surface area contributed by atoms with E-state index < -0.39 is 5.82 Å². The molecule has 0 aromatic heterocycles. The Labute approximate surface area is 84.1 Å². The molecule has 0 bridgehead atoms. The van der Waals surface area contributed by atoms with Crippen molar-refractivity contribution >= 4 is 27.4 Å². The zero-order chi connectivity index (χ0) is 9.84. The molecule has 1 aromatic rings. The lowest BCUT2D eigenvalue weighted by Crippen LogP contribution is -2.03. The summed E-state index contributed by atoms with van der Waals surface area (Å²) in [6.45, 7) is 0. The second-order valence-electron chi connectivity index (χ2n) is 2.60. The van der Waals surface area contributed by atoms with E-state index in [0.717, 1.165) is 0 Å². The van der Waals surface area contributed by atoms with Crippen LogP contribution >= 0.6 is 15.9 Å². The lowest BCUT2D eigenvalue weighted by atomic mass is 10.1. The molecule has 70 valence electrons. The fourth-order valence-electron chi connectivity index (χ4n) is 0.977. The summed E-state index contributed by atoms with van der Waals surface area (Å²) in [5.74, 6) is -0.748. The van der Waals surface area contributed by atoms with Gasteiger partial charge >= 0.3 is 0 Å². The molecule has 2 nitrogen and oxygen atoms in total. The fraction of sp³-hybridized carbons (Fsp3) is 0.222. The number of nitrogens with two attached hydrogens (primary N) is 1. The summed E-state index contributed by atoms with van der Waals surface area (Å²) in [7, 11) is 0. The topological polar surface area (TPSA) is 43.1 Å². The summed E-state index contributed by atoms with van der Waals surface area (Å²) in [6.07, 6.45) is 0.278. The third-order valence-corrected chi connectivity index (χ3v) is 2.01. The van der Waals surface area contributed by atoms with Gasteiger partial charge in [-0.1, -0.05) is 15.9 Å². The number of alkyl halides is 1. The summed E-state index contributed by atoms with van der Waals surface area (Å²) >= 11 is 3.12. The quantitative estimate of drug-likeness (QED) is 0.505. The third kappa shape index (κ3) is 2.52. The molecule has 0 aliphatic rings. The highest BCUT2D eigenvalue weighted by Gasteiger charge is 2.10. The van der Waals surface area contributed by atoms with E-state index in [1.54, 1.807) is 0 Å². The van der Waals surface area contributed by atoms with Crippen LogP contribution in [-0.2, 0) is 0 Å². The highest BCUT2D eigenvalue weighted by Crippen LogP contribution is 2.14. The first-order valence-corrected chi connectivity index (χ1v) is 4.91. The molecular weight excluding hydrogens is 237 g/mol. The van der Waals surface area contributed by atoms with Gasteiger partial charge in [0.15, 0.2) is 5.78 Å². The Morgan fingerprint density at radius 1 is 1.54 bits per heavy atom. The maximum absolute atomic E-state index is 13.1. The lowest BCUT2D eigenvalue weighted by Gasteiger charge is -2.01. The number of hydrogen-bond acceptors (Lipinski definition) is 2. The van der Waals surface area contributed by atoms with Crippen LogP contribution in [0.15, 0.2) is 18.2 Å². The molecule has 0 unspecified atom stereocenters. The van der Waals surface area contributed by atoms with E-state index in [4.69, 9.17) is 5.73 Å². The molecule has 2 N–H and O–H groups in total. The van der Waals surface area contributed by atoms with Gasteiger partial charge in [0, 0.05) is 17.4 Å². The van der Waals surface area contributed by atoms with Gasteiger partial charge in [-0.3, -0.25) is 4.79 Å². The molecule has 4 heteroatoms. The smallest absolute Gasteiger partial charge is 0.166 e. The standard InChI is InChI=1S/C9H9BrFNO/c10-4-3-9(13)7-5-6(12)1-2-8(7)11/h1-2,5H,3-4,12H2. The molecule has 0 aliphatic carbocycles. The van der Waals surface area contributed by atoms with Crippen molar-refractivity contribution < 1.29 is 9.18 Å². The zero-order valence-electron chi connectivity index (χ0n) is 6.89. The van der Waals surface area contributed by atoms with E-state index in [9.17, 15) is 9.18 Å². The molecule has 1 aromatic carbocycles. The Hall–Kier alpha value is -0.900. The van der Waals surface area contributed by atoms with Gasteiger partial charge in [-0.15, -0.1) is 0 Å².